The summed E-state index contributed by atoms with van der Waals surface area (Å²) in [5, 5.41) is 0. The van der Waals surface area contributed by atoms with Crippen LogP contribution in [0.25, 0.3) is 0 Å². The van der Waals surface area contributed by atoms with E-state index in [-0.39, 0.29) is 12.3 Å². The van der Waals surface area contributed by atoms with Crippen LogP contribution in [0.1, 0.15) is 32.1 Å². The van der Waals surface area contributed by atoms with Crippen LogP contribution < -0.4 is 5.73 Å². The summed E-state index contributed by atoms with van der Waals surface area (Å²) < 4.78 is 26.3. The highest BCUT2D eigenvalue weighted by molar-refractivity contribution is 5.10. The Morgan fingerprint density at radius 2 is 1.91 bits per heavy atom. The standard InChI is InChI=1S/C8H13F2N/c9-8(10,5-6-1-2-6)7(11)3-4-7/h6H,1-5,11H2. The second kappa shape index (κ2) is 1.94. The molecule has 0 unspecified atom stereocenters. The van der Waals surface area contributed by atoms with E-state index in [1.165, 1.54) is 0 Å². The summed E-state index contributed by atoms with van der Waals surface area (Å²) in [5.74, 6) is -2.32. The van der Waals surface area contributed by atoms with Gasteiger partial charge in [-0.3, -0.25) is 0 Å². The second-order valence-corrected chi connectivity index (χ2v) is 4.01. The van der Waals surface area contributed by atoms with Gasteiger partial charge in [0.05, 0.1) is 5.54 Å². The van der Waals surface area contributed by atoms with Crippen molar-refractivity contribution in [1.29, 1.82) is 0 Å². The Labute approximate surface area is 65.0 Å². The fourth-order valence-corrected chi connectivity index (χ4v) is 1.39. The van der Waals surface area contributed by atoms with Crippen molar-refractivity contribution in [2.24, 2.45) is 11.7 Å². The smallest absolute Gasteiger partial charge is 0.265 e. The summed E-state index contributed by atoms with van der Waals surface area (Å²) >= 11 is 0. The Morgan fingerprint density at radius 3 is 2.27 bits per heavy atom. The lowest BCUT2D eigenvalue weighted by Gasteiger charge is -2.22. The quantitative estimate of drug-likeness (QED) is 0.672. The molecule has 0 spiro atoms. The van der Waals surface area contributed by atoms with E-state index in [2.05, 4.69) is 0 Å². The van der Waals surface area contributed by atoms with E-state index in [0.29, 0.717) is 12.8 Å². The third-order valence-corrected chi connectivity index (χ3v) is 2.76. The minimum atomic E-state index is -2.59. The van der Waals surface area contributed by atoms with Gasteiger partial charge in [0.25, 0.3) is 5.92 Å². The van der Waals surface area contributed by atoms with E-state index in [1.807, 2.05) is 0 Å². The van der Waals surface area contributed by atoms with Gasteiger partial charge in [0.15, 0.2) is 0 Å². The fourth-order valence-electron chi connectivity index (χ4n) is 1.39. The van der Waals surface area contributed by atoms with E-state index < -0.39 is 11.5 Å². The first-order chi connectivity index (χ1) is 5.04. The maximum Gasteiger partial charge on any atom is 0.265 e. The van der Waals surface area contributed by atoms with E-state index in [4.69, 9.17) is 5.73 Å². The van der Waals surface area contributed by atoms with E-state index in [1.54, 1.807) is 0 Å². The summed E-state index contributed by atoms with van der Waals surface area (Å²) in [4.78, 5) is 0. The van der Waals surface area contributed by atoms with Gasteiger partial charge in [0, 0.05) is 6.42 Å². The number of nitrogens with two attached hydrogens (primary N) is 1. The summed E-state index contributed by atoms with van der Waals surface area (Å²) in [7, 11) is 0. The van der Waals surface area contributed by atoms with Crippen molar-refractivity contribution in [3.8, 4) is 0 Å². The van der Waals surface area contributed by atoms with Gasteiger partial charge in [-0.15, -0.1) is 0 Å². The molecule has 2 aliphatic carbocycles. The first-order valence-corrected chi connectivity index (χ1v) is 4.20. The predicted molar refractivity (Wildman–Crippen MR) is 38.4 cm³/mol. The molecule has 0 atom stereocenters. The molecule has 2 saturated carbocycles. The van der Waals surface area contributed by atoms with Gasteiger partial charge in [0.1, 0.15) is 0 Å². The third kappa shape index (κ3) is 1.26. The van der Waals surface area contributed by atoms with Crippen LogP contribution in [-0.4, -0.2) is 11.5 Å². The molecule has 11 heavy (non-hydrogen) atoms. The number of hydrogen-bond acceptors (Lipinski definition) is 1. The van der Waals surface area contributed by atoms with Crippen molar-refractivity contribution in [1.82, 2.24) is 0 Å². The summed E-state index contributed by atoms with van der Waals surface area (Å²) in [6, 6.07) is 0. The Bertz CT molecular complexity index is 171. The van der Waals surface area contributed by atoms with Gasteiger partial charge in [-0.05, 0) is 31.6 Å². The largest absolute Gasteiger partial charge is 0.320 e. The highest BCUT2D eigenvalue weighted by Crippen LogP contribution is 2.51. The summed E-state index contributed by atoms with van der Waals surface area (Å²) in [5.41, 5.74) is 4.33. The molecule has 0 radical (unpaired) electrons. The molecule has 0 aromatic heterocycles. The molecule has 0 aromatic rings. The molecule has 2 N–H and O–H groups in total. The Hall–Kier alpha value is -0.180. The number of alkyl halides is 2. The highest BCUT2D eigenvalue weighted by Gasteiger charge is 2.60. The Morgan fingerprint density at radius 1 is 1.36 bits per heavy atom. The van der Waals surface area contributed by atoms with Crippen molar-refractivity contribution in [3.63, 3.8) is 0 Å². The zero-order valence-electron chi connectivity index (χ0n) is 6.45. The molecule has 2 aliphatic rings. The lowest BCUT2D eigenvalue weighted by Crippen LogP contribution is -2.43. The first kappa shape index (κ1) is 7.47. The summed E-state index contributed by atoms with van der Waals surface area (Å²) in [6.07, 6.45) is 3.00. The number of halogens is 2. The molecule has 64 valence electrons. The van der Waals surface area contributed by atoms with Crippen LogP contribution in [-0.2, 0) is 0 Å². The van der Waals surface area contributed by atoms with Crippen LogP contribution in [0.5, 0.6) is 0 Å². The normalized spacial score (nSPS) is 28.6. The van der Waals surface area contributed by atoms with Crippen LogP contribution >= 0.6 is 0 Å². The monoisotopic (exact) mass is 161 g/mol. The average molecular weight is 161 g/mol. The van der Waals surface area contributed by atoms with E-state index >= 15 is 0 Å². The lowest BCUT2D eigenvalue weighted by atomic mass is 10.0. The molecule has 2 rings (SSSR count). The molecular formula is C8H13F2N. The van der Waals surface area contributed by atoms with Gasteiger partial charge < -0.3 is 5.73 Å². The zero-order chi connectivity index (χ0) is 8.11. The molecule has 3 heteroatoms. The Kier molecular flexibility index (Phi) is 1.32. The maximum atomic E-state index is 13.2. The Balaban J connectivity index is 1.95. The van der Waals surface area contributed by atoms with Crippen molar-refractivity contribution in [3.05, 3.63) is 0 Å². The van der Waals surface area contributed by atoms with Crippen molar-refractivity contribution < 1.29 is 8.78 Å². The SMILES string of the molecule is NC1(C(F)(F)CC2CC2)CC1. The van der Waals surface area contributed by atoms with Crippen molar-refractivity contribution in [2.75, 3.05) is 0 Å². The minimum Gasteiger partial charge on any atom is -0.320 e. The molecule has 0 aliphatic heterocycles. The van der Waals surface area contributed by atoms with Gasteiger partial charge in [-0.1, -0.05) is 0 Å². The molecule has 0 aromatic carbocycles. The number of rotatable bonds is 3. The highest BCUT2D eigenvalue weighted by atomic mass is 19.3. The third-order valence-electron chi connectivity index (χ3n) is 2.76. The minimum absolute atomic E-state index is 0.0313. The molecule has 0 amide bonds. The van der Waals surface area contributed by atoms with E-state index in [9.17, 15) is 8.78 Å². The van der Waals surface area contributed by atoms with Gasteiger partial charge in [0.2, 0.25) is 0 Å². The van der Waals surface area contributed by atoms with Crippen LogP contribution in [0.15, 0.2) is 0 Å². The molecule has 1 nitrogen and oxygen atoms in total. The van der Waals surface area contributed by atoms with Crippen molar-refractivity contribution >= 4 is 0 Å². The van der Waals surface area contributed by atoms with Crippen molar-refractivity contribution in [2.45, 2.75) is 43.6 Å². The molecule has 0 heterocycles. The predicted octanol–water partition coefficient (Wildman–Crippen LogP) is 1.91. The molecule has 0 bridgehead atoms. The van der Waals surface area contributed by atoms with Gasteiger partial charge in [-0.2, -0.15) is 0 Å². The number of hydrogen-bond donors (Lipinski definition) is 1. The lowest BCUT2D eigenvalue weighted by molar-refractivity contribution is -0.0481. The average Bonchev–Trinajstić information content (AvgIpc) is 2.66. The summed E-state index contributed by atoms with van der Waals surface area (Å²) in [6.45, 7) is 0. The first-order valence-electron chi connectivity index (χ1n) is 4.20. The zero-order valence-corrected chi connectivity index (χ0v) is 6.45. The maximum absolute atomic E-state index is 13.2. The fraction of sp³-hybridized carbons (Fsp3) is 1.00. The van der Waals surface area contributed by atoms with Crippen LogP contribution in [0.4, 0.5) is 8.78 Å². The van der Waals surface area contributed by atoms with Crippen LogP contribution in [0, 0.1) is 5.92 Å². The molecule has 0 saturated heterocycles. The second-order valence-electron chi connectivity index (χ2n) is 4.01. The van der Waals surface area contributed by atoms with E-state index in [0.717, 1.165) is 12.8 Å². The van der Waals surface area contributed by atoms with Gasteiger partial charge >= 0.3 is 0 Å². The molecular weight excluding hydrogens is 148 g/mol. The van der Waals surface area contributed by atoms with Crippen LogP contribution in [0.2, 0.25) is 0 Å². The topological polar surface area (TPSA) is 26.0 Å². The molecule has 2 fully saturated rings. The van der Waals surface area contributed by atoms with Crippen LogP contribution in [0.3, 0.4) is 0 Å². The van der Waals surface area contributed by atoms with Gasteiger partial charge in [-0.25, -0.2) is 8.78 Å².